The van der Waals surface area contributed by atoms with Crippen LogP contribution in [-0.2, 0) is 0 Å². The first-order valence-corrected chi connectivity index (χ1v) is 7.76. The van der Waals surface area contributed by atoms with Gasteiger partial charge in [-0.3, -0.25) is 0 Å². The van der Waals surface area contributed by atoms with Gasteiger partial charge in [-0.25, -0.2) is 10.4 Å². The van der Waals surface area contributed by atoms with Crippen LogP contribution in [0.15, 0.2) is 29.4 Å². The molecular formula is C15H19N9. The molecule has 0 atom stereocenters. The van der Waals surface area contributed by atoms with Gasteiger partial charge >= 0.3 is 0 Å². The lowest BCUT2D eigenvalue weighted by atomic mass is 10.3. The number of rotatable bonds is 7. The predicted octanol–water partition coefficient (Wildman–Crippen LogP) is 2.06. The maximum absolute atomic E-state index is 4.38. The van der Waals surface area contributed by atoms with E-state index in [-0.39, 0.29) is 0 Å². The Labute approximate surface area is 139 Å². The Balaban J connectivity index is 1.75. The van der Waals surface area contributed by atoms with Gasteiger partial charge in [-0.15, -0.1) is 0 Å². The molecule has 0 fully saturated rings. The lowest BCUT2D eigenvalue weighted by Crippen LogP contribution is -2.11. The first-order chi connectivity index (χ1) is 11.8. The van der Waals surface area contributed by atoms with Crippen LogP contribution in [0.2, 0.25) is 0 Å². The minimum Gasteiger partial charge on any atom is -0.354 e. The Morgan fingerprint density at radius 3 is 2.38 bits per heavy atom. The van der Waals surface area contributed by atoms with Gasteiger partial charge in [0.05, 0.1) is 17.2 Å². The van der Waals surface area contributed by atoms with E-state index in [1.807, 2.05) is 38.1 Å². The second-order valence-corrected chi connectivity index (χ2v) is 4.87. The summed E-state index contributed by atoms with van der Waals surface area (Å²) in [5.74, 6) is 2.02. The molecule has 1 aromatic carbocycles. The van der Waals surface area contributed by atoms with Crippen LogP contribution >= 0.6 is 0 Å². The molecule has 2 heterocycles. The summed E-state index contributed by atoms with van der Waals surface area (Å²) >= 11 is 0. The summed E-state index contributed by atoms with van der Waals surface area (Å²) in [4.78, 5) is 20.3. The molecule has 0 aliphatic rings. The number of hydrazone groups is 1. The van der Waals surface area contributed by atoms with Crippen molar-refractivity contribution in [3.05, 3.63) is 30.1 Å². The van der Waals surface area contributed by atoms with Gasteiger partial charge < -0.3 is 15.6 Å². The molecule has 24 heavy (non-hydrogen) atoms. The van der Waals surface area contributed by atoms with Crippen LogP contribution in [0.4, 0.5) is 17.8 Å². The zero-order valence-corrected chi connectivity index (χ0v) is 13.5. The normalized spacial score (nSPS) is 11.1. The summed E-state index contributed by atoms with van der Waals surface area (Å²) in [7, 11) is 0. The number of benzene rings is 1. The summed E-state index contributed by atoms with van der Waals surface area (Å²) in [6.07, 6.45) is 1.52. The van der Waals surface area contributed by atoms with Gasteiger partial charge in [0.25, 0.3) is 0 Å². The van der Waals surface area contributed by atoms with Crippen LogP contribution in [0.1, 0.15) is 19.7 Å². The van der Waals surface area contributed by atoms with Crippen LogP contribution in [0.3, 0.4) is 0 Å². The second kappa shape index (κ2) is 7.36. The largest absolute Gasteiger partial charge is 0.354 e. The van der Waals surface area contributed by atoms with Crippen molar-refractivity contribution < 1.29 is 0 Å². The minimum atomic E-state index is 0.445. The van der Waals surface area contributed by atoms with Gasteiger partial charge in [-0.05, 0) is 26.0 Å². The van der Waals surface area contributed by atoms with Gasteiger partial charge in [0, 0.05) is 13.1 Å². The maximum atomic E-state index is 4.38. The van der Waals surface area contributed by atoms with Gasteiger partial charge in [0.2, 0.25) is 17.8 Å². The summed E-state index contributed by atoms with van der Waals surface area (Å²) in [6.45, 7) is 5.41. The van der Waals surface area contributed by atoms with E-state index < -0.39 is 0 Å². The van der Waals surface area contributed by atoms with Gasteiger partial charge in [0.1, 0.15) is 0 Å². The lowest BCUT2D eigenvalue weighted by molar-refractivity contribution is 0.988. The number of imidazole rings is 1. The fourth-order valence-corrected chi connectivity index (χ4v) is 2.08. The first-order valence-electron chi connectivity index (χ1n) is 7.76. The van der Waals surface area contributed by atoms with Gasteiger partial charge in [-0.2, -0.15) is 20.1 Å². The zero-order chi connectivity index (χ0) is 16.8. The van der Waals surface area contributed by atoms with Crippen molar-refractivity contribution in [2.24, 2.45) is 5.10 Å². The summed E-state index contributed by atoms with van der Waals surface area (Å²) in [5.41, 5.74) is 4.67. The van der Waals surface area contributed by atoms with Crippen molar-refractivity contribution >= 4 is 35.1 Å². The number of aromatic nitrogens is 5. The Bertz CT molecular complexity index is 783. The summed E-state index contributed by atoms with van der Waals surface area (Å²) < 4.78 is 0. The highest BCUT2D eigenvalue weighted by Gasteiger charge is 2.04. The Morgan fingerprint density at radius 2 is 1.71 bits per heavy atom. The molecule has 0 aliphatic carbocycles. The number of aromatic amines is 1. The number of nitrogens with one attached hydrogen (secondary N) is 4. The second-order valence-electron chi connectivity index (χ2n) is 4.87. The molecule has 9 heteroatoms. The molecular weight excluding hydrogens is 306 g/mol. The van der Waals surface area contributed by atoms with Crippen molar-refractivity contribution in [3.8, 4) is 0 Å². The molecule has 3 rings (SSSR count). The molecule has 4 N–H and O–H groups in total. The number of hydrogen-bond donors (Lipinski definition) is 4. The smallest absolute Gasteiger partial charge is 0.228 e. The molecule has 9 nitrogen and oxygen atoms in total. The number of H-pyrrole nitrogens is 1. The minimum absolute atomic E-state index is 0.445. The third-order valence-corrected chi connectivity index (χ3v) is 3.06. The maximum Gasteiger partial charge on any atom is 0.228 e. The Morgan fingerprint density at radius 1 is 1.00 bits per heavy atom. The quantitative estimate of drug-likeness (QED) is 0.388. The number of anilines is 3. The Hall–Kier alpha value is -3.23. The molecule has 0 unspecified atom stereocenters. The Kier molecular flexibility index (Phi) is 4.80. The molecule has 0 saturated carbocycles. The fraction of sp³-hybridized carbons (Fsp3) is 0.267. The van der Waals surface area contributed by atoms with E-state index in [1.165, 1.54) is 6.21 Å². The highest BCUT2D eigenvalue weighted by molar-refractivity contribution is 5.78. The van der Waals surface area contributed by atoms with E-state index in [0.717, 1.165) is 24.1 Å². The highest BCUT2D eigenvalue weighted by Crippen LogP contribution is 2.13. The third-order valence-electron chi connectivity index (χ3n) is 3.06. The standard InChI is InChI=1S/C15H19N9/c1-3-16-13-21-12(22-14(23-13)17-4-2)9-18-24-15-19-10-7-5-6-8-11(10)20-15/h5-9H,3-4H2,1-2H3,(H2,19,20,24)(H2,16,17,21,22,23)/b18-9-. The molecule has 0 radical (unpaired) electrons. The average molecular weight is 325 g/mol. The fourth-order valence-electron chi connectivity index (χ4n) is 2.08. The van der Waals surface area contributed by atoms with Crippen LogP contribution in [0, 0.1) is 0 Å². The van der Waals surface area contributed by atoms with Crippen LogP contribution < -0.4 is 16.1 Å². The van der Waals surface area contributed by atoms with Crippen LogP contribution in [0.5, 0.6) is 0 Å². The predicted molar refractivity (Wildman–Crippen MR) is 95.5 cm³/mol. The monoisotopic (exact) mass is 325 g/mol. The van der Waals surface area contributed by atoms with Gasteiger partial charge in [0.15, 0.2) is 5.82 Å². The zero-order valence-electron chi connectivity index (χ0n) is 13.5. The van der Waals surface area contributed by atoms with E-state index >= 15 is 0 Å². The van der Waals surface area contributed by atoms with Crippen molar-refractivity contribution in [2.45, 2.75) is 13.8 Å². The molecule has 3 aromatic rings. The van der Waals surface area contributed by atoms with Crippen LogP contribution in [-0.4, -0.2) is 44.2 Å². The van der Waals surface area contributed by atoms with Crippen LogP contribution in [0.25, 0.3) is 11.0 Å². The SMILES string of the molecule is CCNc1nc(/C=N\Nc2nc3ccccc3[nH]2)nc(NCC)n1. The number of nitrogens with zero attached hydrogens (tertiary/aromatic N) is 5. The topological polar surface area (TPSA) is 116 Å². The number of para-hydroxylation sites is 2. The van der Waals surface area contributed by atoms with Gasteiger partial charge in [-0.1, -0.05) is 12.1 Å². The molecule has 0 spiro atoms. The molecule has 0 amide bonds. The van der Waals surface area contributed by atoms with E-state index in [2.05, 4.69) is 46.1 Å². The van der Waals surface area contributed by atoms with Crippen molar-refractivity contribution in [3.63, 3.8) is 0 Å². The van der Waals surface area contributed by atoms with E-state index in [4.69, 9.17) is 0 Å². The molecule has 0 saturated heterocycles. The summed E-state index contributed by atoms with van der Waals surface area (Å²) in [6, 6.07) is 7.77. The van der Waals surface area contributed by atoms with E-state index in [1.54, 1.807) is 0 Å². The van der Waals surface area contributed by atoms with E-state index in [0.29, 0.717) is 23.7 Å². The van der Waals surface area contributed by atoms with Crippen molar-refractivity contribution in [1.29, 1.82) is 0 Å². The summed E-state index contributed by atoms with van der Waals surface area (Å²) in [5, 5.41) is 10.3. The van der Waals surface area contributed by atoms with Crippen molar-refractivity contribution in [1.82, 2.24) is 24.9 Å². The molecule has 124 valence electrons. The first kappa shape index (κ1) is 15.7. The van der Waals surface area contributed by atoms with E-state index in [9.17, 15) is 0 Å². The number of hydrogen-bond acceptors (Lipinski definition) is 8. The molecule has 0 bridgehead atoms. The van der Waals surface area contributed by atoms with Crippen molar-refractivity contribution in [2.75, 3.05) is 29.1 Å². The lowest BCUT2D eigenvalue weighted by Gasteiger charge is -2.06. The average Bonchev–Trinajstić information content (AvgIpc) is 2.98. The highest BCUT2D eigenvalue weighted by atomic mass is 15.4. The third kappa shape index (κ3) is 3.75. The molecule has 0 aliphatic heterocycles. The number of fused-ring (bicyclic) bond motifs is 1. The molecule has 2 aromatic heterocycles.